The lowest BCUT2D eigenvalue weighted by atomic mass is 9.96. The van der Waals surface area contributed by atoms with Crippen molar-refractivity contribution in [1.82, 2.24) is 15.5 Å². The van der Waals surface area contributed by atoms with Gasteiger partial charge in [0.2, 0.25) is 11.8 Å². The SMILES string of the molecule is CNC(C)(CCCSc1nnc(C)o1)C(N)=O. The van der Waals surface area contributed by atoms with Crippen molar-refractivity contribution in [2.24, 2.45) is 5.73 Å². The van der Waals surface area contributed by atoms with E-state index in [-0.39, 0.29) is 5.91 Å². The number of carbonyl (C=O) groups is 1. The summed E-state index contributed by atoms with van der Waals surface area (Å²) in [6, 6.07) is 0. The lowest BCUT2D eigenvalue weighted by Crippen LogP contribution is -2.51. The van der Waals surface area contributed by atoms with Crippen LogP contribution in [0.2, 0.25) is 0 Å². The Labute approximate surface area is 105 Å². The molecule has 0 spiro atoms. The molecule has 0 radical (unpaired) electrons. The summed E-state index contributed by atoms with van der Waals surface area (Å²) >= 11 is 1.48. The molecular formula is C10H18N4O2S. The van der Waals surface area contributed by atoms with Crippen molar-refractivity contribution in [2.75, 3.05) is 12.8 Å². The van der Waals surface area contributed by atoms with Gasteiger partial charge in [-0.1, -0.05) is 11.8 Å². The molecule has 1 rings (SSSR count). The highest BCUT2D eigenvalue weighted by atomic mass is 32.2. The third-order valence-electron chi connectivity index (χ3n) is 2.65. The number of carbonyl (C=O) groups excluding carboxylic acids is 1. The fraction of sp³-hybridized carbons (Fsp3) is 0.700. The van der Waals surface area contributed by atoms with Gasteiger partial charge >= 0.3 is 0 Å². The van der Waals surface area contributed by atoms with E-state index in [0.717, 1.165) is 12.2 Å². The molecule has 96 valence electrons. The van der Waals surface area contributed by atoms with Crippen molar-refractivity contribution < 1.29 is 9.21 Å². The van der Waals surface area contributed by atoms with Gasteiger partial charge in [-0.25, -0.2) is 0 Å². The quantitative estimate of drug-likeness (QED) is 0.552. The molecule has 0 aliphatic carbocycles. The van der Waals surface area contributed by atoms with Gasteiger partial charge < -0.3 is 15.5 Å². The number of likely N-dealkylation sites (N-methyl/N-ethyl adjacent to an activating group) is 1. The minimum absolute atomic E-state index is 0.335. The van der Waals surface area contributed by atoms with Crippen molar-refractivity contribution in [2.45, 2.75) is 37.5 Å². The minimum atomic E-state index is -0.648. The van der Waals surface area contributed by atoms with Crippen molar-refractivity contribution in [3.05, 3.63) is 5.89 Å². The maximum Gasteiger partial charge on any atom is 0.276 e. The van der Waals surface area contributed by atoms with Crippen LogP contribution in [0.1, 0.15) is 25.7 Å². The first-order valence-corrected chi connectivity index (χ1v) is 6.38. The normalized spacial score (nSPS) is 14.5. The number of nitrogens with one attached hydrogen (secondary N) is 1. The molecule has 0 aromatic carbocycles. The largest absolute Gasteiger partial charge is 0.416 e. The van der Waals surface area contributed by atoms with E-state index in [1.807, 2.05) is 0 Å². The first-order chi connectivity index (χ1) is 7.98. The standard InChI is InChI=1S/C10H18N4O2S/c1-7-13-14-9(16-7)17-6-4-5-10(2,12-3)8(11)15/h12H,4-6H2,1-3H3,(H2,11,15). The monoisotopic (exact) mass is 258 g/mol. The number of primary amides is 1. The number of nitrogens with two attached hydrogens (primary N) is 1. The van der Waals surface area contributed by atoms with Crippen LogP contribution < -0.4 is 11.1 Å². The van der Waals surface area contributed by atoms with Crippen LogP contribution >= 0.6 is 11.8 Å². The zero-order chi connectivity index (χ0) is 12.9. The summed E-state index contributed by atoms with van der Waals surface area (Å²) in [4.78, 5) is 11.2. The van der Waals surface area contributed by atoms with E-state index in [1.54, 1.807) is 20.9 Å². The smallest absolute Gasteiger partial charge is 0.276 e. The van der Waals surface area contributed by atoms with E-state index in [0.29, 0.717) is 17.5 Å². The Morgan fingerprint density at radius 2 is 2.29 bits per heavy atom. The fourth-order valence-corrected chi connectivity index (χ4v) is 2.03. The molecule has 3 N–H and O–H groups in total. The molecule has 1 unspecified atom stereocenters. The van der Waals surface area contributed by atoms with E-state index < -0.39 is 5.54 Å². The van der Waals surface area contributed by atoms with Gasteiger partial charge in [-0.15, -0.1) is 10.2 Å². The predicted molar refractivity (Wildman–Crippen MR) is 65.7 cm³/mol. The van der Waals surface area contributed by atoms with Crippen LogP contribution in [0.5, 0.6) is 0 Å². The summed E-state index contributed by atoms with van der Waals surface area (Å²) < 4.78 is 5.22. The average Bonchev–Trinajstić information content (AvgIpc) is 2.70. The highest BCUT2D eigenvalue weighted by molar-refractivity contribution is 7.99. The molecule has 0 aliphatic rings. The number of aryl methyl sites for hydroxylation is 1. The molecule has 0 bridgehead atoms. The number of nitrogens with zero attached hydrogens (tertiary/aromatic N) is 2. The summed E-state index contributed by atoms with van der Waals surface area (Å²) in [5.41, 5.74) is 4.68. The van der Waals surface area contributed by atoms with Crippen molar-refractivity contribution >= 4 is 17.7 Å². The van der Waals surface area contributed by atoms with E-state index >= 15 is 0 Å². The molecule has 1 heterocycles. The lowest BCUT2D eigenvalue weighted by Gasteiger charge is -2.24. The number of rotatable bonds is 7. The van der Waals surface area contributed by atoms with Crippen LogP contribution in [0.3, 0.4) is 0 Å². The van der Waals surface area contributed by atoms with Gasteiger partial charge in [0.05, 0.1) is 5.54 Å². The van der Waals surface area contributed by atoms with Gasteiger partial charge in [-0.3, -0.25) is 4.79 Å². The average molecular weight is 258 g/mol. The number of amides is 1. The summed E-state index contributed by atoms with van der Waals surface area (Å²) in [5, 5.41) is 11.1. The van der Waals surface area contributed by atoms with Gasteiger partial charge in [0.15, 0.2) is 0 Å². The summed E-state index contributed by atoms with van der Waals surface area (Å²) in [6.07, 6.45) is 1.52. The molecule has 1 atom stereocenters. The highest BCUT2D eigenvalue weighted by Crippen LogP contribution is 2.19. The molecule has 1 aromatic heterocycles. The third-order valence-corrected chi connectivity index (χ3v) is 3.55. The molecule has 6 nitrogen and oxygen atoms in total. The van der Waals surface area contributed by atoms with Gasteiger partial charge in [0.25, 0.3) is 5.22 Å². The van der Waals surface area contributed by atoms with Crippen molar-refractivity contribution in [3.8, 4) is 0 Å². The second-order valence-corrected chi connectivity index (χ2v) is 5.03. The van der Waals surface area contributed by atoms with Crippen LogP contribution in [0.25, 0.3) is 0 Å². The molecule has 0 fully saturated rings. The number of aromatic nitrogens is 2. The Kier molecular flexibility index (Phi) is 4.95. The Hall–Kier alpha value is -1.08. The highest BCUT2D eigenvalue weighted by Gasteiger charge is 2.27. The molecule has 0 aliphatic heterocycles. The maximum absolute atomic E-state index is 11.2. The summed E-state index contributed by atoms with van der Waals surface area (Å²) in [6.45, 7) is 3.55. The van der Waals surface area contributed by atoms with E-state index in [1.165, 1.54) is 11.8 Å². The maximum atomic E-state index is 11.2. The Morgan fingerprint density at radius 3 is 2.76 bits per heavy atom. The molecule has 0 saturated carbocycles. The number of thioether (sulfide) groups is 1. The predicted octanol–water partition coefficient (Wildman–Crippen LogP) is 0.714. The van der Waals surface area contributed by atoms with Crippen LogP contribution in [0.15, 0.2) is 9.64 Å². The second kappa shape index (κ2) is 6.02. The first kappa shape index (κ1) is 14.0. The lowest BCUT2D eigenvalue weighted by molar-refractivity contribution is -0.123. The Bertz CT molecular complexity index is 382. The Morgan fingerprint density at radius 1 is 1.59 bits per heavy atom. The first-order valence-electron chi connectivity index (χ1n) is 5.39. The number of hydrogen-bond acceptors (Lipinski definition) is 6. The van der Waals surface area contributed by atoms with E-state index in [2.05, 4.69) is 15.5 Å². The zero-order valence-electron chi connectivity index (χ0n) is 10.3. The summed E-state index contributed by atoms with van der Waals surface area (Å²) in [5.74, 6) is 1.04. The zero-order valence-corrected chi connectivity index (χ0v) is 11.1. The third kappa shape index (κ3) is 4.01. The van der Waals surface area contributed by atoms with E-state index in [9.17, 15) is 4.79 Å². The van der Waals surface area contributed by atoms with E-state index in [4.69, 9.17) is 10.2 Å². The molecule has 0 saturated heterocycles. The Balaban J connectivity index is 2.30. The van der Waals surface area contributed by atoms with Crippen LogP contribution in [0.4, 0.5) is 0 Å². The molecule has 7 heteroatoms. The van der Waals surface area contributed by atoms with Gasteiger partial charge in [0.1, 0.15) is 0 Å². The van der Waals surface area contributed by atoms with Crippen molar-refractivity contribution in [1.29, 1.82) is 0 Å². The van der Waals surface area contributed by atoms with Crippen LogP contribution in [0, 0.1) is 6.92 Å². The second-order valence-electron chi connectivity index (χ2n) is 3.99. The van der Waals surface area contributed by atoms with Crippen LogP contribution in [-0.4, -0.2) is 34.4 Å². The van der Waals surface area contributed by atoms with Crippen LogP contribution in [-0.2, 0) is 4.79 Å². The molecule has 1 amide bonds. The number of hydrogen-bond donors (Lipinski definition) is 2. The van der Waals surface area contributed by atoms with Gasteiger partial charge in [-0.2, -0.15) is 0 Å². The van der Waals surface area contributed by atoms with Gasteiger partial charge in [-0.05, 0) is 26.8 Å². The molecule has 17 heavy (non-hydrogen) atoms. The molecule has 1 aromatic rings. The minimum Gasteiger partial charge on any atom is -0.416 e. The fourth-order valence-electron chi connectivity index (χ4n) is 1.29. The van der Waals surface area contributed by atoms with Gasteiger partial charge in [0, 0.05) is 12.7 Å². The topological polar surface area (TPSA) is 94.0 Å². The van der Waals surface area contributed by atoms with Crippen molar-refractivity contribution in [3.63, 3.8) is 0 Å². The molecular weight excluding hydrogens is 240 g/mol. The summed E-state index contributed by atoms with van der Waals surface area (Å²) in [7, 11) is 1.74.